The fourth-order valence-corrected chi connectivity index (χ4v) is 1.58. The first-order valence-corrected chi connectivity index (χ1v) is 4.80. The van der Waals surface area contributed by atoms with Crippen molar-refractivity contribution < 1.29 is 4.79 Å². The molecule has 0 aromatic rings. The minimum Gasteiger partial charge on any atom is -0.358 e. The van der Waals surface area contributed by atoms with Gasteiger partial charge in [0.2, 0.25) is 5.91 Å². The number of thioether (sulfide) groups is 1. The summed E-state index contributed by atoms with van der Waals surface area (Å²) in [5, 5.41) is 2.65. The second-order valence-electron chi connectivity index (χ2n) is 2.27. The number of nitrogens with two attached hydrogens (primary N) is 1. The fourth-order valence-electron chi connectivity index (χ4n) is 0.622. The van der Waals surface area contributed by atoms with Crippen LogP contribution in [0.4, 0.5) is 0 Å². The van der Waals surface area contributed by atoms with E-state index in [1.165, 1.54) is 0 Å². The molecule has 3 N–H and O–H groups in total. The van der Waals surface area contributed by atoms with Crippen molar-refractivity contribution in [2.75, 3.05) is 19.3 Å². The van der Waals surface area contributed by atoms with Crippen molar-refractivity contribution in [3.63, 3.8) is 0 Å². The molecule has 0 aromatic carbocycles. The third-order valence-corrected chi connectivity index (χ3v) is 2.57. The molecule has 0 spiro atoms. The fraction of sp³-hybridized carbons (Fsp3) is 0.857. The van der Waals surface area contributed by atoms with Gasteiger partial charge in [-0.15, -0.1) is 11.8 Å². The van der Waals surface area contributed by atoms with Gasteiger partial charge in [-0.3, -0.25) is 4.79 Å². The van der Waals surface area contributed by atoms with Gasteiger partial charge in [0.15, 0.2) is 0 Å². The molecule has 1 amide bonds. The van der Waals surface area contributed by atoms with Crippen LogP contribution in [-0.4, -0.2) is 30.5 Å². The van der Waals surface area contributed by atoms with E-state index in [1.807, 2.05) is 6.92 Å². The van der Waals surface area contributed by atoms with Crippen LogP contribution in [0.5, 0.6) is 0 Å². The van der Waals surface area contributed by atoms with Crippen molar-refractivity contribution in [1.82, 2.24) is 5.32 Å². The van der Waals surface area contributed by atoms with Crippen molar-refractivity contribution >= 4 is 17.7 Å². The lowest BCUT2D eigenvalue weighted by Crippen LogP contribution is -2.27. The number of carbonyl (C=O) groups is 1. The summed E-state index contributed by atoms with van der Waals surface area (Å²) in [4.78, 5) is 10.9. The summed E-state index contributed by atoms with van der Waals surface area (Å²) in [5.41, 5.74) is 5.31. The highest BCUT2D eigenvalue weighted by Crippen LogP contribution is 2.10. The molecule has 1 atom stereocenters. The van der Waals surface area contributed by atoms with Gasteiger partial charge >= 0.3 is 0 Å². The van der Waals surface area contributed by atoms with Gasteiger partial charge in [0.1, 0.15) is 0 Å². The SMILES string of the molecule is CNC(=O)C(C)SCCCN. The van der Waals surface area contributed by atoms with Crippen molar-refractivity contribution in [3.05, 3.63) is 0 Å². The molecule has 0 aliphatic carbocycles. The quantitative estimate of drug-likeness (QED) is 0.588. The number of carbonyl (C=O) groups excluding carboxylic acids is 1. The second-order valence-corrected chi connectivity index (χ2v) is 3.72. The first-order valence-electron chi connectivity index (χ1n) is 3.75. The van der Waals surface area contributed by atoms with Crippen LogP contribution in [0.3, 0.4) is 0 Å². The van der Waals surface area contributed by atoms with Gasteiger partial charge in [-0.05, 0) is 25.6 Å². The van der Waals surface area contributed by atoms with Crippen LogP contribution < -0.4 is 11.1 Å². The summed E-state index contributed by atoms with van der Waals surface area (Å²) in [6, 6.07) is 0. The number of nitrogens with one attached hydrogen (secondary N) is 1. The molecule has 1 unspecified atom stereocenters. The van der Waals surface area contributed by atoms with Crippen LogP contribution in [0.15, 0.2) is 0 Å². The van der Waals surface area contributed by atoms with E-state index in [2.05, 4.69) is 5.32 Å². The second kappa shape index (κ2) is 6.49. The van der Waals surface area contributed by atoms with Gasteiger partial charge in [0.25, 0.3) is 0 Å². The predicted molar refractivity (Wildman–Crippen MR) is 49.7 cm³/mol. The third kappa shape index (κ3) is 5.09. The third-order valence-electron chi connectivity index (χ3n) is 1.33. The Morgan fingerprint density at radius 1 is 1.73 bits per heavy atom. The Bertz CT molecular complexity index is 119. The molecule has 3 nitrogen and oxygen atoms in total. The van der Waals surface area contributed by atoms with Crippen LogP contribution in [0.1, 0.15) is 13.3 Å². The van der Waals surface area contributed by atoms with Gasteiger partial charge in [0, 0.05) is 7.05 Å². The number of hydrogen-bond acceptors (Lipinski definition) is 3. The van der Waals surface area contributed by atoms with Gasteiger partial charge in [-0.25, -0.2) is 0 Å². The van der Waals surface area contributed by atoms with Crippen LogP contribution in [0.2, 0.25) is 0 Å². The maximum Gasteiger partial charge on any atom is 0.232 e. The molecule has 0 rings (SSSR count). The highest BCUT2D eigenvalue weighted by Gasteiger charge is 2.09. The van der Waals surface area contributed by atoms with Gasteiger partial charge < -0.3 is 11.1 Å². The van der Waals surface area contributed by atoms with Crippen LogP contribution in [-0.2, 0) is 4.79 Å². The molecule has 0 radical (unpaired) electrons. The minimum absolute atomic E-state index is 0.0477. The molecule has 0 heterocycles. The van der Waals surface area contributed by atoms with Crippen molar-refractivity contribution in [3.8, 4) is 0 Å². The summed E-state index contributed by atoms with van der Waals surface area (Å²) in [5.74, 6) is 1.05. The lowest BCUT2D eigenvalue weighted by Gasteiger charge is -2.07. The highest BCUT2D eigenvalue weighted by molar-refractivity contribution is 8.00. The summed E-state index contributed by atoms with van der Waals surface area (Å²) in [6.07, 6.45) is 0.978. The minimum atomic E-state index is 0.0477. The van der Waals surface area contributed by atoms with E-state index in [0.717, 1.165) is 12.2 Å². The molecular formula is C7H16N2OS. The molecule has 0 aromatic heterocycles. The topological polar surface area (TPSA) is 55.1 Å². The maximum absolute atomic E-state index is 10.9. The summed E-state index contributed by atoms with van der Waals surface area (Å²) >= 11 is 1.64. The molecule has 0 saturated carbocycles. The first-order chi connectivity index (χ1) is 5.22. The largest absolute Gasteiger partial charge is 0.358 e. The van der Waals surface area contributed by atoms with Crippen molar-refractivity contribution in [2.24, 2.45) is 5.73 Å². The lowest BCUT2D eigenvalue weighted by molar-refractivity contribution is -0.119. The zero-order chi connectivity index (χ0) is 8.69. The maximum atomic E-state index is 10.9. The summed E-state index contributed by atoms with van der Waals surface area (Å²) < 4.78 is 0. The zero-order valence-corrected chi connectivity index (χ0v) is 7.91. The average Bonchev–Trinajstić information content (AvgIpc) is 2.03. The van der Waals surface area contributed by atoms with Crippen LogP contribution in [0, 0.1) is 0 Å². The number of amides is 1. The zero-order valence-electron chi connectivity index (χ0n) is 7.09. The van der Waals surface area contributed by atoms with E-state index in [0.29, 0.717) is 6.54 Å². The molecule has 66 valence electrons. The van der Waals surface area contributed by atoms with E-state index in [4.69, 9.17) is 5.73 Å². The number of rotatable bonds is 5. The molecule has 0 bridgehead atoms. The van der Waals surface area contributed by atoms with Gasteiger partial charge in [-0.1, -0.05) is 0 Å². The van der Waals surface area contributed by atoms with Crippen molar-refractivity contribution in [2.45, 2.75) is 18.6 Å². The molecule has 4 heteroatoms. The normalized spacial score (nSPS) is 12.6. The van der Waals surface area contributed by atoms with Gasteiger partial charge in [0.05, 0.1) is 5.25 Å². The van der Waals surface area contributed by atoms with Crippen LogP contribution in [0.25, 0.3) is 0 Å². The first kappa shape index (κ1) is 10.8. The van der Waals surface area contributed by atoms with E-state index in [9.17, 15) is 4.79 Å². The Hall–Kier alpha value is -0.220. The number of hydrogen-bond donors (Lipinski definition) is 2. The molecule has 0 fully saturated rings. The predicted octanol–water partition coefficient (Wildman–Crippen LogP) is 0.203. The van der Waals surface area contributed by atoms with E-state index in [1.54, 1.807) is 18.8 Å². The molecule has 11 heavy (non-hydrogen) atoms. The monoisotopic (exact) mass is 176 g/mol. The van der Waals surface area contributed by atoms with E-state index < -0.39 is 0 Å². The smallest absolute Gasteiger partial charge is 0.232 e. The van der Waals surface area contributed by atoms with Gasteiger partial charge in [-0.2, -0.15) is 0 Å². The molecule has 0 aliphatic heterocycles. The Morgan fingerprint density at radius 2 is 2.36 bits per heavy atom. The summed E-state index contributed by atoms with van der Waals surface area (Å²) in [6.45, 7) is 2.60. The average molecular weight is 176 g/mol. The van der Waals surface area contributed by atoms with E-state index in [-0.39, 0.29) is 11.2 Å². The lowest BCUT2D eigenvalue weighted by atomic mass is 10.4. The van der Waals surface area contributed by atoms with Crippen molar-refractivity contribution in [1.29, 1.82) is 0 Å². The molecular weight excluding hydrogens is 160 g/mol. The molecule has 0 aliphatic rings. The Morgan fingerprint density at radius 3 is 2.82 bits per heavy atom. The molecule has 0 saturated heterocycles. The summed E-state index contributed by atoms with van der Waals surface area (Å²) in [7, 11) is 1.66. The Labute approximate surface area is 72.1 Å². The Kier molecular flexibility index (Phi) is 6.36. The highest BCUT2D eigenvalue weighted by atomic mass is 32.2. The standard InChI is InChI=1S/C7H16N2OS/c1-6(7(10)9-2)11-5-3-4-8/h6H,3-5,8H2,1-2H3,(H,9,10). The Balaban J connectivity index is 3.36. The van der Waals surface area contributed by atoms with E-state index >= 15 is 0 Å². The van der Waals surface area contributed by atoms with Crippen LogP contribution >= 0.6 is 11.8 Å².